The summed E-state index contributed by atoms with van der Waals surface area (Å²) in [5, 5.41) is 10.6. The molecular weight excluding hydrogens is 254 g/mol. The van der Waals surface area contributed by atoms with Crippen molar-refractivity contribution in [1.29, 1.82) is 0 Å². The van der Waals surface area contributed by atoms with Crippen molar-refractivity contribution in [2.45, 2.75) is 24.0 Å². The zero-order chi connectivity index (χ0) is 13.7. The highest BCUT2D eigenvalue weighted by Crippen LogP contribution is 2.33. The Bertz CT molecular complexity index is 564. The van der Waals surface area contributed by atoms with Crippen molar-refractivity contribution >= 4 is 23.7 Å². The molecule has 1 N–H and O–H groups in total. The number of hydrogen-bond acceptors (Lipinski definition) is 3. The van der Waals surface area contributed by atoms with Gasteiger partial charge in [0.05, 0.1) is 10.6 Å². The third kappa shape index (κ3) is 3.86. The minimum absolute atomic E-state index is 0.306. The molecule has 2 aromatic carbocycles. The second-order valence-electron chi connectivity index (χ2n) is 4.45. The van der Waals surface area contributed by atoms with E-state index in [2.05, 4.69) is 18.8 Å². The van der Waals surface area contributed by atoms with Crippen LogP contribution in [-0.2, 0) is 0 Å². The maximum absolute atomic E-state index is 10.2. The van der Waals surface area contributed by atoms with Crippen LogP contribution in [-0.4, -0.2) is 16.6 Å². The van der Waals surface area contributed by atoms with Crippen molar-refractivity contribution < 1.29 is 5.11 Å². The standard InChI is InChI=1S/C16H17NOS/c1-12(2)19-15-10-6-7-13(16(15)18)11-17-14-8-4-3-5-9-14/h3-12,18H,1-2H3/b17-11+. The van der Waals surface area contributed by atoms with Crippen molar-refractivity contribution in [1.82, 2.24) is 0 Å². The van der Waals surface area contributed by atoms with E-state index in [-0.39, 0.29) is 0 Å². The number of para-hydroxylation sites is 2. The molecule has 0 fully saturated rings. The zero-order valence-electron chi connectivity index (χ0n) is 11.1. The molecular formula is C16H17NOS. The van der Waals surface area contributed by atoms with E-state index < -0.39 is 0 Å². The Kier molecular flexibility index (Phi) is 4.63. The van der Waals surface area contributed by atoms with Gasteiger partial charge in [0, 0.05) is 17.0 Å². The average molecular weight is 271 g/mol. The summed E-state index contributed by atoms with van der Waals surface area (Å²) in [6.45, 7) is 4.21. The normalized spacial score (nSPS) is 11.3. The maximum atomic E-state index is 10.2. The van der Waals surface area contributed by atoms with Crippen molar-refractivity contribution in [3.8, 4) is 5.75 Å². The second kappa shape index (κ2) is 6.43. The van der Waals surface area contributed by atoms with Gasteiger partial charge < -0.3 is 5.11 Å². The molecule has 0 saturated carbocycles. The summed E-state index contributed by atoms with van der Waals surface area (Å²) in [6, 6.07) is 15.4. The molecule has 0 aromatic heterocycles. The summed E-state index contributed by atoms with van der Waals surface area (Å²) < 4.78 is 0. The van der Waals surface area contributed by atoms with Gasteiger partial charge in [-0.2, -0.15) is 0 Å². The van der Waals surface area contributed by atoms with Gasteiger partial charge >= 0.3 is 0 Å². The molecule has 2 nitrogen and oxygen atoms in total. The summed E-state index contributed by atoms with van der Waals surface area (Å²) >= 11 is 1.65. The summed E-state index contributed by atoms with van der Waals surface area (Å²) in [7, 11) is 0. The van der Waals surface area contributed by atoms with Crippen LogP contribution >= 0.6 is 11.8 Å². The van der Waals surface area contributed by atoms with E-state index >= 15 is 0 Å². The molecule has 0 spiro atoms. The van der Waals surface area contributed by atoms with E-state index in [0.717, 1.165) is 16.1 Å². The minimum Gasteiger partial charge on any atom is -0.506 e. The molecule has 0 radical (unpaired) electrons. The summed E-state index contributed by atoms with van der Waals surface area (Å²) in [5.74, 6) is 0.306. The average Bonchev–Trinajstić information content (AvgIpc) is 2.40. The molecule has 0 aliphatic heterocycles. The number of aromatic hydroxyl groups is 1. The fraction of sp³-hybridized carbons (Fsp3) is 0.188. The Hall–Kier alpha value is -1.74. The van der Waals surface area contributed by atoms with Gasteiger partial charge in [-0.05, 0) is 24.3 Å². The first-order valence-corrected chi connectivity index (χ1v) is 7.12. The molecule has 0 bridgehead atoms. The SMILES string of the molecule is CC(C)Sc1cccc(/C=N/c2ccccc2)c1O. The van der Waals surface area contributed by atoms with Crippen LogP contribution in [0.1, 0.15) is 19.4 Å². The highest BCUT2D eigenvalue weighted by atomic mass is 32.2. The number of hydrogen-bond donors (Lipinski definition) is 1. The number of nitrogens with zero attached hydrogens (tertiary/aromatic N) is 1. The Balaban J connectivity index is 2.23. The molecule has 0 aliphatic rings. The predicted molar refractivity (Wildman–Crippen MR) is 82.8 cm³/mol. The smallest absolute Gasteiger partial charge is 0.137 e. The molecule has 0 amide bonds. The van der Waals surface area contributed by atoms with E-state index in [1.807, 2.05) is 48.5 Å². The number of phenolic OH excluding ortho intramolecular Hbond substituents is 1. The topological polar surface area (TPSA) is 32.6 Å². The Labute approximate surface area is 118 Å². The van der Waals surface area contributed by atoms with Crippen LogP contribution in [0.5, 0.6) is 5.75 Å². The molecule has 2 rings (SSSR count). The number of rotatable bonds is 4. The second-order valence-corrected chi connectivity index (χ2v) is 6.07. The van der Waals surface area contributed by atoms with E-state index in [1.165, 1.54) is 0 Å². The monoisotopic (exact) mass is 271 g/mol. The predicted octanol–water partition coefficient (Wildman–Crippen LogP) is 4.64. The van der Waals surface area contributed by atoms with E-state index in [0.29, 0.717) is 11.0 Å². The first-order valence-electron chi connectivity index (χ1n) is 6.24. The summed E-state index contributed by atoms with van der Waals surface area (Å²) in [4.78, 5) is 5.26. The number of benzene rings is 2. The first kappa shape index (κ1) is 13.7. The number of aliphatic imine (C=N–C) groups is 1. The molecule has 2 aromatic rings. The van der Waals surface area contributed by atoms with E-state index in [4.69, 9.17) is 0 Å². The van der Waals surface area contributed by atoms with E-state index in [1.54, 1.807) is 18.0 Å². The maximum Gasteiger partial charge on any atom is 0.137 e. The van der Waals surface area contributed by atoms with Crippen LogP contribution in [0.3, 0.4) is 0 Å². The van der Waals surface area contributed by atoms with Crippen molar-refractivity contribution in [2.75, 3.05) is 0 Å². The molecule has 19 heavy (non-hydrogen) atoms. The zero-order valence-corrected chi connectivity index (χ0v) is 11.9. The van der Waals surface area contributed by atoms with Crippen LogP contribution in [0.2, 0.25) is 0 Å². The fourth-order valence-corrected chi connectivity index (χ4v) is 2.55. The molecule has 0 saturated heterocycles. The van der Waals surface area contributed by atoms with Gasteiger partial charge in [0.15, 0.2) is 0 Å². The Morgan fingerprint density at radius 3 is 2.47 bits per heavy atom. The summed E-state index contributed by atoms with van der Waals surface area (Å²) in [5.41, 5.74) is 1.62. The largest absolute Gasteiger partial charge is 0.506 e. The minimum atomic E-state index is 0.306. The van der Waals surface area contributed by atoms with Crippen molar-refractivity contribution in [3.63, 3.8) is 0 Å². The van der Waals surface area contributed by atoms with Gasteiger partial charge in [-0.3, -0.25) is 4.99 Å². The van der Waals surface area contributed by atoms with Crippen LogP contribution in [0, 0.1) is 0 Å². The van der Waals surface area contributed by atoms with Gasteiger partial charge in [0.1, 0.15) is 5.75 Å². The quantitative estimate of drug-likeness (QED) is 0.649. The van der Waals surface area contributed by atoms with Crippen molar-refractivity contribution in [2.24, 2.45) is 4.99 Å². The lowest BCUT2D eigenvalue weighted by Crippen LogP contribution is -1.89. The van der Waals surface area contributed by atoms with E-state index in [9.17, 15) is 5.11 Å². The number of phenols is 1. The lowest BCUT2D eigenvalue weighted by Gasteiger charge is -2.08. The van der Waals surface area contributed by atoms with Crippen molar-refractivity contribution in [3.05, 3.63) is 54.1 Å². The molecule has 0 unspecified atom stereocenters. The number of thioether (sulfide) groups is 1. The Morgan fingerprint density at radius 2 is 1.79 bits per heavy atom. The first-order chi connectivity index (χ1) is 9.16. The molecule has 98 valence electrons. The van der Waals surface area contributed by atoms with Gasteiger partial charge in [0.25, 0.3) is 0 Å². The van der Waals surface area contributed by atoms with Gasteiger partial charge in [-0.1, -0.05) is 38.1 Å². The van der Waals surface area contributed by atoms with Gasteiger partial charge in [-0.15, -0.1) is 11.8 Å². The fourth-order valence-electron chi connectivity index (χ4n) is 1.65. The third-order valence-corrected chi connectivity index (χ3v) is 3.56. The van der Waals surface area contributed by atoms with Crippen LogP contribution in [0.15, 0.2) is 58.4 Å². The third-order valence-electron chi connectivity index (χ3n) is 2.50. The lowest BCUT2D eigenvalue weighted by atomic mass is 10.2. The van der Waals surface area contributed by atoms with Crippen LogP contribution < -0.4 is 0 Å². The van der Waals surface area contributed by atoms with Crippen LogP contribution in [0.4, 0.5) is 5.69 Å². The Morgan fingerprint density at radius 1 is 1.05 bits per heavy atom. The van der Waals surface area contributed by atoms with Gasteiger partial charge in [-0.25, -0.2) is 0 Å². The highest BCUT2D eigenvalue weighted by molar-refractivity contribution is 8.00. The molecule has 0 aliphatic carbocycles. The summed E-state index contributed by atoms with van der Waals surface area (Å²) in [6.07, 6.45) is 1.70. The van der Waals surface area contributed by atoms with Crippen LogP contribution in [0.25, 0.3) is 0 Å². The molecule has 0 atom stereocenters. The molecule has 3 heteroatoms. The van der Waals surface area contributed by atoms with Gasteiger partial charge in [0.2, 0.25) is 0 Å². The molecule has 0 heterocycles. The highest BCUT2D eigenvalue weighted by Gasteiger charge is 2.07. The lowest BCUT2D eigenvalue weighted by molar-refractivity contribution is 0.461.